The summed E-state index contributed by atoms with van der Waals surface area (Å²) in [6.07, 6.45) is -0.634. The molecule has 0 saturated carbocycles. The van der Waals surface area contributed by atoms with Crippen molar-refractivity contribution in [1.29, 1.82) is 0 Å². The average Bonchev–Trinajstić information content (AvgIpc) is 2.97. The minimum absolute atomic E-state index is 0.138. The Morgan fingerprint density at radius 3 is 2.58 bits per heavy atom. The first-order chi connectivity index (χ1) is 14.7. The molecule has 1 aliphatic rings. The van der Waals surface area contributed by atoms with Gasteiger partial charge in [-0.15, -0.1) is 0 Å². The first kappa shape index (κ1) is 21.2. The van der Waals surface area contributed by atoms with E-state index >= 15 is 0 Å². The molecule has 1 aliphatic heterocycles. The van der Waals surface area contributed by atoms with Gasteiger partial charge in [0.25, 0.3) is 5.91 Å². The van der Waals surface area contributed by atoms with Crippen molar-refractivity contribution in [1.82, 2.24) is 14.9 Å². The number of fused-ring (bicyclic) bond motifs is 1. The van der Waals surface area contributed by atoms with Crippen LogP contribution in [0.5, 0.6) is 0 Å². The van der Waals surface area contributed by atoms with Gasteiger partial charge in [-0.1, -0.05) is 18.2 Å². The fourth-order valence-corrected chi connectivity index (χ4v) is 3.99. The maximum absolute atomic E-state index is 12.9. The largest absolute Gasteiger partial charge is 0.364 e. The van der Waals surface area contributed by atoms with Gasteiger partial charge >= 0.3 is 6.61 Å². The number of aromatic nitrogens is 2. The summed E-state index contributed by atoms with van der Waals surface area (Å²) in [5.41, 5.74) is 6.73. The molecular formula is C23H26F2N4O2. The van der Waals surface area contributed by atoms with E-state index in [0.717, 1.165) is 22.2 Å². The van der Waals surface area contributed by atoms with Gasteiger partial charge in [0, 0.05) is 30.7 Å². The summed E-state index contributed by atoms with van der Waals surface area (Å²) in [4.78, 5) is 22.4. The molecule has 3 heterocycles. The van der Waals surface area contributed by atoms with Crippen LogP contribution in [0.1, 0.15) is 38.4 Å². The molecule has 4 rings (SSSR count). The normalized spacial score (nSPS) is 14.4. The number of carbonyl (C=O) groups is 1. The van der Waals surface area contributed by atoms with Gasteiger partial charge in [0.2, 0.25) is 0 Å². The first-order valence-corrected chi connectivity index (χ1v) is 10.3. The number of alkyl halides is 2. The van der Waals surface area contributed by atoms with Crippen LogP contribution in [0.3, 0.4) is 0 Å². The Balaban J connectivity index is 1.62. The fourth-order valence-electron chi connectivity index (χ4n) is 3.99. The van der Waals surface area contributed by atoms with E-state index in [0.29, 0.717) is 12.4 Å². The third-order valence-electron chi connectivity index (χ3n) is 6.03. The second-order valence-corrected chi connectivity index (χ2v) is 8.11. The molecule has 3 aromatic rings. The van der Waals surface area contributed by atoms with E-state index in [4.69, 9.17) is 0 Å². The molecule has 1 amide bonds. The van der Waals surface area contributed by atoms with E-state index in [9.17, 15) is 13.6 Å². The fraction of sp³-hybridized carbons (Fsp3) is 0.391. The summed E-state index contributed by atoms with van der Waals surface area (Å²) in [6.45, 7) is 6.13. The zero-order valence-corrected chi connectivity index (χ0v) is 18.1. The maximum Gasteiger partial charge on any atom is 0.345 e. The molecule has 1 saturated heterocycles. The molecule has 0 bridgehead atoms. The van der Waals surface area contributed by atoms with Crippen molar-refractivity contribution in [3.05, 3.63) is 57.9 Å². The molecule has 6 nitrogen and oxygen atoms in total. The number of nitrogens with zero attached hydrogens (tertiary/aromatic N) is 2. The lowest BCUT2D eigenvalue weighted by atomic mass is 10.0. The second-order valence-electron chi connectivity index (χ2n) is 8.11. The van der Waals surface area contributed by atoms with E-state index in [1.807, 2.05) is 19.9 Å². The Hall–Kier alpha value is -3.00. The average molecular weight is 428 g/mol. The second kappa shape index (κ2) is 8.26. The Morgan fingerprint density at radius 1 is 1.26 bits per heavy atom. The summed E-state index contributed by atoms with van der Waals surface area (Å²) >= 11 is 0. The van der Waals surface area contributed by atoms with Crippen LogP contribution < -0.4 is 5.32 Å². The summed E-state index contributed by atoms with van der Waals surface area (Å²) < 4.78 is 29.2. The summed E-state index contributed by atoms with van der Waals surface area (Å²) in [5.74, 6) is 0.310. The van der Waals surface area contributed by atoms with Crippen molar-refractivity contribution in [2.45, 2.75) is 47.0 Å². The molecule has 0 unspecified atom stereocenters. The minimum atomic E-state index is -2.83. The Morgan fingerprint density at radius 2 is 1.94 bits per heavy atom. The van der Waals surface area contributed by atoms with Gasteiger partial charge in [-0.2, -0.15) is 8.78 Å². The third-order valence-corrected chi connectivity index (χ3v) is 6.03. The number of aryl methyl sites for hydroxylation is 4. The molecule has 164 valence electrons. The molecular weight excluding hydrogens is 402 g/mol. The van der Waals surface area contributed by atoms with Crippen LogP contribution in [-0.2, 0) is 11.3 Å². The van der Waals surface area contributed by atoms with Crippen LogP contribution in [-0.4, -0.2) is 46.6 Å². The minimum Gasteiger partial charge on any atom is -0.364 e. The van der Waals surface area contributed by atoms with E-state index in [1.165, 1.54) is 21.6 Å². The highest BCUT2D eigenvalue weighted by molar-refractivity contribution is 6.01. The quantitative estimate of drug-likeness (QED) is 0.608. The lowest BCUT2D eigenvalue weighted by molar-refractivity contribution is -0.189. The Bertz CT molecular complexity index is 1120. The summed E-state index contributed by atoms with van der Waals surface area (Å²) in [6, 6.07) is 7.93. The number of ether oxygens (including phenoxy) is 1. The van der Waals surface area contributed by atoms with Gasteiger partial charge in [0.15, 0.2) is 5.82 Å². The molecule has 1 fully saturated rings. The highest BCUT2D eigenvalue weighted by Gasteiger charge is 2.34. The van der Waals surface area contributed by atoms with Crippen molar-refractivity contribution in [2.75, 3.05) is 18.4 Å². The number of halogens is 2. The predicted octanol–water partition coefficient (Wildman–Crippen LogP) is 4.47. The number of amides is 1. The standard InChI is InChI=1S/C23H26F2N4O2/c1-12-6-5-7-13(2)18(12)9-26-21-20-17(14(3)15(4)27-20)8-19(28-21)22(30)29-10-16(11-29)31-23(24)25/h5-8,16,23,27H,9-11H2,1-4H3,(H,26,28). The van der Waals surface area contributed by atoms with Gasteiger partial charge in [0.05, 0.1) is 11.6 Å². The van der Waals surface area contributed by atoms with Crippen molar-refractivity contribution in [3.63, 3.8) is 0 Å². The van der Waals surface area contributed by atoms with Gasteiger partial charge in [0.1, 0.15) is 5.69 Å². The molecule has 0 spiro atoms. The molecule has 0 atom stereocenters. The van der Waals surface area contributed by atoms with Crippen LogP contribution in [0.4, 0.5) is 14.6 Å². The SMILES string of the molecule is Cc1cccc(C)c1CNc1nc(C(=O)N2CC(OC(F)F)C2)cc2c(C)c(C)[nH]c12. The number of H-pyrrole nitrogens is 1. The highest BCUT2D eigenvalue weighted by Crippen LogP contribution is 2.29. The highest BCUT2D eigenvalue weighted by atomic mass is 19.3. The van der Waals surface area contributed by atoms with Crippen LogP contribution in [0.15, 0.2) is 24.3 Å². The molecule has 1 aromatic carbocycles. The van der Waals surface area contributed by atoms with E-state index in [2.05, 4.69) is 46.0 Å². The van der Waals surface area contributed by atoms with Crippen LogP contribution in [0, 0.1) is 27.7 Å². The van der Waals surface area contributed by atoms with E-state index in [1.54, 1.807) is 6.07 Å². The van der Waals surface area contributed by atoms with Gasteiger partial charge < -0.3 is 19.9 Å². The molecule has 8 heteroatoms. The smallest absolute Gasteiger partial charge is 0.345 e. The van der Waals surface area contributed by atoms with Gasteiger partial charge in [-0.3, -0.25) is 4.79 Å². The van der Waals surface area contributed by atoms with Crippen molar-refractivity contribution in [2.24, 2.45) is 0 Å². The molecule has 2 aromatic heterocycles. The monoisotopic (exact) mass is 428 g/mol. The number of nitrogens with one attached hydrogen (secondary N) is 2. The maximum atomic E-state index is 12.9. The number of benzene rings is 1. The number of anilines is 1. The van der Waals surface area contributed by atoms with Crippen molar-refractivity contribution >= 4 is 22.6 Å². The number of likely N-dealkylation sites (tertiary alicyclic amines) is 1. The number of pyridine rings is 1. The van der Waals surface area contributed by atoms with Gasteiger partial charge in [-0.05, 0) is 56.0 Å². The zero-order valence-electron chi connectivity index (χ0n) is 18.1. The number of carbonyl (C=O) groups excluding carboxylic acids is 1. The van der Waals surface area contributed by atoms with Crippen LogP contribution in [0.2, 0.25) is 0 Å². The van der Waals surface area contributed by atoms with Crippen molar-refractivity contribution < 1.29 is 18.3 Å². The summed E-state index contributed by atoms with van der Waals surface area (Å²) in [5, 5.41) is 4.31. The third kappa shape index (κ3) is 4.12. The van der Waals surface area contributed by atoms with Crippen LogP contribution in [0.25, 0.3) is 10.9 Å². The number of hydrogen-bond donors (Lipinski definition) is 2. The lowest BCUT2D eigenvalue weighted by Gasteiger charge is -2.38. The zero-order chi connectivity index (χ0) is 22.3. The number of rotatable bonds is 6. The van der Waals surface area contributed by atoms with Crippen LogP contribution >= 0.6 is 0 Å². The van der Waals surface area contributed by atoms with E-state index in [-0.39, 0.29) is 24.7 Å². The predicted molar refractivity (Wildman–Crippen MR) is 116 cm³/mol. The number of aromatic amines is 1. The lowest BCUT2D eigenvalue weighted by Crippen LogP contribution is -2.55. The topological polar surface area (TPSA) is 70.2 Å². The first-order valence-electron chi connectivity index (χ1n) is 10.3. The summed E-state index contributed by atoms with van der Waals surface area (Å²) in [7, 11) is 0. The number of hydrogen-bond acceptors (Lipinski definition) is 4. The van der Waals surface area contributed by atoms with Gasteiger partial charge in [-0.25, -0.2) is 4.98 Å². The Labute approximate surface area is 179 Å². The molecule has 0 radical (unpaired) electrons. The molecule has 0 aliphatic carbocycles. The molecule has 31 heavy (non-hydrogen) atoms. The van der Waals surface area contributed by atoms with E-state index < -0.39 is 12.7 Å². The molecule has 2 N–H and O–H groups in total. The van der Waals surface area contributed by atoms with Crippen molar-refractivity contribution in [3.8, 4) is 0 Å². The Kier molecular flexibility index (Phi) is 5.66.